The second kappa shape index (κ2) is 6.01. The number of nitrogens with one attached hydrogen (secondary N) is 2. The van der Waals surface area contributed by atoms with E-state index in [4.69, 9.17) is 0 Å². The number of aryl methyl sites for hydroxylation is 2. The maximum absolute atomic E-state index is 13.3. The first-order valence-electron chi connectivity index (χ1n) is 9.19. The summed E-state index contributed by atoms with van der Waals surface area (Å²) in [6.07, 6.45) is 0. The number of aromatic nitrogens is 2. The zero-order valence-corrected chi connectivity index (χ0v) is 16.8. The maximum Gasteiger partial charge on any atom is 0.296 e. The van der Waals surface area contributed by atoms with Crippen molar-refractivity contribution in [2.24, 2.45) is 0 Å². The van der Waals surface area contributed by atoms with Crippen LogP contribution in [0.4, 0.5) is 0 Å². The van der Waals surface area contributed by atoms with E-state index in [9.17, 15) is 22.6 Å². The largest absolute Gasteiger partial charge is 0.354 e. The van der Waals surface area contributed by atoms with Crippen molar-refractivity contribution < 1.29 is 13.0 Å². The number of fused-ring (bicyclic) bond motifs is 4. The van der Waals surface area contributed by atoms with Gasteiger partial charge in [0.05, 0.1) is 27.5 Å². The summed E-state index contributed by atoms with van der Waals surface area (Å²) >= 11 is 0. The van der Waals surface area contributed by atoms with Crippen LogP contribution < -0.4 is 10.9 Å². The Morgan fingerprint density at radius 2 is 1.53 bits per heavy atom. The smallest absolute Gasteiger partial charge is 0.296 e. The Labute approximate surface area is 169 Å². The fraction of sp³-hybridized carbons (Fsp3) is 0.0909. The molecular formula is C22H16N2O5S. The molecule has 8 heteroatoms. The second-order valence-electron chi connectivity index (χ2n) is 7.41. The molecule has 0 radical (unpaired) electrons. The van der Waals surface area contributed by atoms with Crippen LogP contribution in [0.15, 0.2) is 56.9 Å². The monoisotopic (exact) mass is 420 g/mol. The van der Waals surface area contributed by atoms with E-state index in [-0.39, 0.29) is 26.7 Å². The van der Waals surface area contributed by atoms with Crippen LogP contribution >= 0.6 is 0 Å². The molecule has 0 aliphatic rings. The average Bonchev–Trinajstić information content (AvgIpc) is 2.68. The van der Waals surface area contributed by atoms with E-state index in [2.05, 4.69) is 9.97 Å². The first-order valence-corrected chi connectivity index (χ1v) is 10.6. The maximum atomic E-state index is 13.3. The Kier molecular flexibility index (Phi) is 3.71. The van der Waals surface area contributed by atoms with E-state index in [1.165, 1.54) is 18.2 Å². The van der Waals surface area contributed by atoms with E-state index < -0.39 is 10.1 Å². The van der Waals surface area contributed by atoms with Crippen LogP contribution in [0.1, 0.15) is 11.1 Å². The zero-order valence-electron chi connectivity index (χ0n) is 16.0. The van der Waals surface area contributed by atoms with Crippen LogP contribution in [0.5, 0.6) is 0 Å². The molecule has 0 saturated carbocycles. The van der Waals surface area contributed by atoms with E-state index in [0.29, 0.717) is 38.3 Å². The highest BCUT2D eigenvalue weighted by Crippen LogP contribution is 2.28. The fourth-order valence-corrected chi connectivity index (χ4v) is 4.90. The van der Waals surface area contributed by atoms with Crippen LogP contribution in [-0.4, -0.2) is 22.9 Å². The molecule has 7 nitrogen and oxygen atoms in total. The van der Waals surface area contributed by atoms with Crippen molar-refractivity contribution >= 4 is 53.7 Å². The summed E-state index contributed by atoms with van der Waals surface area (Å²) in [7, 11) is -4.55. The third-order valence-corrected chi connectivity index (χ3v) is 6.51. The van der Waals surface area contributed by atoms with Gasteiger partial charge in [-0.15, -0.1) is 0 Å². The zero-order chi connectivity index (χ0) is 21.4. The molecular weight excluding hydrogens is 404 g/mol. The number of para-hydroxylation sites is 1. The summed E-state index contributed by atoms with van der Waals surface area (Å²) in [4.78, 5) is 32.3. The Bertz CT molecular complexity index is 1780. The van der Waals surface area contributed by atoms with Gasteiger partial charge >= 0.3 is 0 Å². The number of rotatable bonds is 1. The van der Waals surface area contributed by atoms with Gasteiger partial charge in [0.15, 0.2) is 10.9 Å². The summed E-state index contributed by atoms with van der Waals surface area (Å²) < 4.78 is 33.2. The third-order valence-electron chi connectivity index (χ3n) is 5.62. The number of hydrogen-bond donors (Lipinski definition) is 3. The number of H-pyrrole nitrogens is 2. The number of benzene rings is 3. The summed E-state index contributed by atoms with van der Waals surface area (Å²) in [6.45, 7) is 3.56. The Balaban J connectivity index is 2.08. The van der Waals surface area contributed by atoms with E-state index in [1.54, 1.807) is 13.0 Å². The molecule has 2 aromatic heterocycles. The number of aromatic amines is 2. The lowest BCUT2D eigenvalue weighted by Gasteiger charge is -2.12. The summed E-state index contributed by atoms with van der Waals surface area (Å²) in [5, 5.41) is 1.44. The van der Waals surface area contributed by atoms with E-state index in [0.717, 1.165) is 5.56 Å². The van der Waals surface area contributed by atoms with E-state index >= 15 is 0 Å². The van der Waals surface area contributed by atoms with Gasteiger partial charge in [0.1, 0.15) is 4.90 Å². The second-order valence-corrected chi connectivity index (χ2v) is 8.80. The van der Waals surface area contributed by atoms with Gasteiger partial charge in [-0.3, -0.25) is 14.1 Å². The van der Waals surface area contributed by atoms with Crippen molar-refractivity contribution in [3.8, 4) is 0 Å². The minimum atomic E-state index is -4.55. The number of hydrogen-bond acceptors (Lipinski definition) is 4. The minimum Gasteiger partial charge on any atom is -0.354 e. The topological polar surface area (TPSA) is 120 Å². The molecule has 0 aliphatic carbocycles. The minimum absolute atomic E-state index is 0.00773. The van der Waals surface area contributed by atoms with Gasteiger partial charge in [-0.25, -0.2) is 0 Å². The van der Waals surface area contributed by atoms with Crippen LogP contribution in [-0.2, 0) is 10.1 Å². The van der Waals surface area contributed by atoms with Gasteiger partial charge in [0, 0.05) is 16.2 Å². The molecule has 0 unspecified atom stereocenters. The predicted octanol–water partition coefficient (Wildman–Crippen LogP) is 3.54. The van der Waals surface area contributed by atoms with Gasteiger partial charge in [-0.2, -0.15) is 8.42 Å². The molecule has 0 aliphatic heterocycles. The van der Waals surface area contributed by atoms with Crippen molar-refractivity contribution in [1.29, 1.82) is 0 Å². The molecule has 3 N–H and O–H groups in total. The number of pyridine rings is 2. The molecule has 5 aromatic rings. The molecule has 2 heterocycles. The SMILES string of the molecule is Cc1cccc2[nH]c3cc4c(=O)c5cccc(S(=O)(=O)O)c5[nH]c4c(C)c3c(=O)c12. The molecule has 0 saturated heterocycles. The summed E-state index contributed by atoms with van der Waals surface area (Å²) in [5.74, 6) is 0. The standard InChI is InChI=1S/C22H16N2O5S/c1-10-5-3-7-14-17(10)22(26)18-11(2)19-13(9-15(18)23-14)21(25)12-6-4-8-16(20(12)24-19)30(27,28)29/h3-9H,1-2H3,(H,23,26)(H,24,25)(H,27,28,29). The Morgan fingerprint density at radius 3 is 2.27 bits per heavy atom. The van der Waals surface area contributed by atoms with Crippen molar-refractivity contribution in [3.05, 3.63) is 74.0 Å². The molecule has 5 rings (SSSR count). The van der Waals surface area contributed by atoms with Crippen molar-refractivity contribution in [1.82, 2.24) is 9.97 Å². The van der Waals surface area contributed by atoms with Crippen LogP contribution in [0, 0.1) is 13.8 Å². The highest BCUT2D eigenvalue weighted by molar-refractivity contribution is 7.86. The average molecular weight is 420 g/mol. The molecule has 30 heavy (non-hydrogen) atoms. The molecule has 150 valence electrons. The third kappa shape index (κ3) is 2.44. The first kappa shape index (κ1) is 18.5. The summed E-state index contributed by atoms with van der Waals surface area (Å²) in [6, 6.07) is 11.2. The van der Waals surface area contributed by atoms with E-state index in [1.807, 2.05) is 25.1 Å². The van der Waals surface area contributed by atoms with Crippen molar-refractivity contribution in [2.45, 2.75) is 18.7 Å². The lowest BCUT2D eigenvalue weighted by Crippen LogP contribution is -2.12. The quantitative estimate of drug-likeness (QED) is 0.283. The highest BCUT2D eigenvalue weighted by Gasteiger charge is 2.19. The summed E-state index contributed by atoms with van der Waals surface area (Å²) in [5.41, 5.74) is 2.37. The van der Waals surface area contributed by atoms with Crippen LogP contribution in [0.25, 0.3) is 43.6 Å². The van der Waals surface area contributed by atoms with Crippen molar-refractivity contribution in [2.75, 3.05) is 0 Å². The van der Waals surface area contributed by atoms with Gasteiger partial charge < -0.3 is 9.97 Å². The van der Waals surface area contributed by atoms with Crippen LogP contribution in [0.2, 0.25) is 0 Å². The van der Waals surface area contributed by atoms with Crippen LogP contribution in [0.3, 0.4) is 0 Å². The Hall–Kier alpha value is -3.49. The van der Waals surface area contributed by atoms with Gasteiger partial charge in [-0.1, -0.05) is 18.2 Å². The lowest BCUT2D eigenvalue weighted by molar-refractivity contribution is 0.484. The lowest BCUT2D eigenvalue weighted by atomic mass is 9.99. The van der Waals surface area contributed by atoms with Gasteiger partial charge in [0.2, 0.25) is 0 Å². The normalized spacial score (nSPS) is 12.4. The molecule has 0 bridgehead atoms. The Morgan fingerprint density at radius 1 is 0.800 bits per heavy atom. The first-order chi connectivity index (χ1) is 14.2. The fourth-order valence-electron chi connectivity index (χ4n) is 4.23. The van der Waals surface area contributed by atoms with Gasteiger partial charge in [0.25, 0.3) is 10.1 Å². The highest BCUT2D eigenvalue weighted by atomic mass is 32.2. The molecule has 0 amide bonds. The molecule has 0 spiro atoms. The predicted molar refractivity (Wildman–Crippen MR) is 117 cm³/mol. The van der Waals surface area contributed by atoms with Gasteiger partial charge in [-0.05, 0) is 49.2 Å². The van der Waals surface area contributed by atoms with Crippen molar-refractivity contribution in [3.63, 3.8) is 0 Å². The molecule has 0 atom stereocenters. The molecule has 0 fully saturated rings. The molecule has 3 aromatic carbocycles.